The molecule has 21 heavy (non-hydrogen) atoms. The second kappa shape index (κ2) is 8.16. The molecule has 1 atom stereocenters. The van der Waals surface area contributed by atoms with Crippen molar-refractivity contribution in [2.45, 2.75) is 20.0 Å². The molecule has 0 aromatic heterocycles. The van der Waals surface area contributed by atoms with Gasteiger partial charge in [0.15, 0.2) is 0 Å². The number of carboxylic acids is 1. The lowest BCUT2D eigenvalue weighted by Crippen LogP contribution is -2.32. The average molecular weight is 295 g/mol. The monoisotopic (exact) mass is 295 g/mol. The van der Waals surface area contributed by atoms with Gasteiger partial charge in [0.2, 0.25) is 0 Å². The summed E-state index contributed by atoms with van der Waals surface area (Å²) in [6.45, 7) is 4.44. The molecular weight excluding hydrogens is 277 g/mol. The first-order chi connectivity index (χ1) is 9.93. The molecule has 5 nitrogen and oxygen atoms in total. The number of amides is 1. The number of carbonyl (C=O) groups is 2. The summed E-state index contributed by atoms with van der Waals surface area (Å²) in [5, 5.41) is 11.1. The van der Waals surface area contributed by atoms with Gasteiger partial charge in [0.05, 0.1) is 11.7 Å². The van der Waals surface area contributed by atoms with Crippen LogP contribution in [0.5, 0.6) is 0 Å². The van der Waals surface area contributed by atoms with E-state index in [1.165, 1.54) is 18.2 Å². The molecule has 1 amide bonds. The van der Waals surface area contributed by atoms with Crippen LogP contribution in [-0.2, 0) is 9.53 Å². The Balaban J connectivity index is 2.78. The molecule has 0 bridgehead atoms. The lowest BCUT2D eigenvalue weighted by Gasteiger charge is -2.13. The Labute approximate surface area is 122 Å². The van der Waals surface area contributed by atoms with Crippen molar-refractivity contribution < 1.29 is 23.8 Å². The third kappa shape index (κ3) is 5.74. The molecule has 6 heteroatoms. The van der Waals surface area contributed by atoms with E-state index in [4.69, 9.17) is 9.84 Å². The van der Waals surface area contributed by atoms with Gasteiger partial charge >= 0.3 is 5.97 Å². The van der Waals surface area contributed by atoms with Crippen LogP contribution in [0, 0.1) is 5.82 Å². The van der Waals surface area contributed by atoms with Gasteiger partial charge in [0, 0.05) is 19.2 Å². The fourth-order valence-electron chi connectivity index (χ4n) is 1.66. The van der Waals surface area contributed by atoms with Crippen molar-refractivity contribution >= 4 is 18.0 Å². The molecule has 0 fully saturated rings. The maximum Gasteiger partial charge on any atom is 0.328 e. The topological polar surface area (TPSA) is 75.6 Å². The number of carboxylic acid groups (broad SMARTS) is 1. The lowest BCUT2D eigenvalue weighted by atomic mass is 10.1. The third-order valence-electron chi connectivity index (χ3n) is 2.65. The van der Waals surface area contributed by atoms with Gasteiger partial charge in [-0.1, -0.05) is 6.07 Å². The molecule has 0 spiro atoms. The predicted molar refractivity (Wildman–Crippen MR) is 76.5 cm³/mol. The average Bonchev–Trinajstić information content (AvgIpc) is 2.44. The summed E-state index contributed by atoms with van der Waals surface area (Å²) in [5.74, 6) is -2.34. The number of rotatable bonds is 7. The Morgan fingerprint density at radius 2 is 2.19 bits per heavy atom. The van der Waals surface area contributed by atoms with Crippen molar-refractivity contribution in [2.24, 2.45) is 0 Å². The zero-order valence-corrected chi connectivity index (χ0v) is 11.9. The standard InChI is InChI=1S/C15H18FNO4/c1-3-21-10(2)9-17-15(20)12-8-11(4-6-13(12)16)5-7-14(18)19/h4-8,10H,3,9H2,1-2H3,(H,17,20)(H,18,19)/b7-5+. The highest BCUT2D eigenvalue weighted by Gasteiger charge is 2.13. The van der Waals surface area contributed by atoms with E-state index in [9.17, 15) is 14.0 Å². The fraction of sp³-hybridized carbons (Fsp3) is 0.333. The zero-order valence-electron chi connectivity index (χ0n) is 11.9. The van der Waals surface area contributed by atoms with E-state index >= 15 is 0 Å². The fourth-order valence-corrected chi connectivity index (χ4v) is 1.66. The Hall–Kier alpha value is -2.21. The van der Waals surface area contributed by atoms with Crippen molar-refractivity contribution in [3.8, 4) is 0 Å². The van der Waals surface area contributed by atoms with E-state index in [1.807, 2.05) is 6.92 Å². The molecule has 0 saturated heterocycles. The summed E-state index contributed by atoms with van der Waals surface area (Å²) < 4.78 is 18.9. The van der Waals surface area contributed by atoms with Crippen LogP contribution in [0.2, 0.25) is 0 Å². The van der Waals surface area contributed by atoms with Crippen molar-refractivity contribution in [2.75, 3.05) is 13.2 Å². The molecule has 0 aliphatic carbocycles. The first kappa shape index (κ1) is 16.8. The predicted octanol–water partition coefficient (Wildman–Crippen LogP) is 2.08. The van der Waals surface area contributed by atoms with Crippen molar-refractivity contribution in [3.63, 3.8) is 0 Å². The second-order valence-electron chi connectivity index (χ2n) is 4.39. The zero-order chi connectivity index (χ0) is 15.8. The van der Waals surface area contributed by atoms with Gasteiger partial charge in [-0.3, -0.25) is 4.79 Å². The van der Waals surface area contributed by atoms with Crippen molar-refractivity contribution in [1.82, 2.24) is 5.32 Å². The molecule has 1 rings (SSSR count). The number of hydrogen-bond donors (Lipinski definition) is 2. The van der Waals surface area contributed by atoms with Crippen molar-refractivity contribution in [1.29, 1.82) is 0 Å². The molecule has 0 aliphatic heterocycles. The normalized spacial score (nSPS) is 12.3. The smallest absolute Gasteiger partial charge is 0.328 e. The van der Waals surface area contributed by atoms with Gasteiger partial charge < -0.3 is 15.2 Å². The minimum Gasteiger partial charge on any atom is -0.478 e. The number of halogens is 1. The van der Waals surface area contributed by atoms with Crippen LogP contribution in [0.1, 0.15) is 29.8 Å². The molecule has 0 aliphatic rings. The number of nitrogens with one attached hydrogen (secondary N) is 1. The van der Waals surface area contributed by atoms with Crippen LogP contribution in [0.25, 0.3) is 6.08 Å². The molecule has 1 aromatic rings. The molecule has 1 unspecified atom stereocenters. The van der Waals surface area contributed by atoms with Crippen LogP contribution in [0.15, 0.2) is 24.3 Å². The Morgan fingerprint density at radius 1 is 1.48 bits per heavy atom. The number of ether oxygens (including phenoxy) is 1. The SMILES string of the molecule is CCOC(C)CNC(=O)c1cc(/C=C/C(=O)O)ccc1F. The summed E-state index contributed by atoms with van der Waals surface area (Å²) in [6, 6.07) is 3.83. The van der Waals surface area contributed by atoms with Gasteiger partial charge in [0.1, 0.15) is 5.82 Å². The highest BCUT2D eigenvalue weighted by molar-refractivity contribution is 5.95. The highest BCUT2D eigenvalue weighted by atomic mass is 19.1. The number of aliphatic carboxylic acids is 1. The third-order valence-corrected chi connectivity index (χ3v) is 2.65. The molecular formula is C15H18FNO4. The van der Waals surface area contributed by atoms with Crippen LogP contribution in [0.3, 0.4) is 0 Å². The van der Waals surface area contributed by atoms with E-state index in [2.05, 4.69) is 5.32 Å². The van der Waals surface area contributed by atoms with Gasteiger partial charge in [-0.25, -0.2) is 9.18 Å². The Kier molecular flexibility index (Phi) is 6.55. The first-order valence-corrected chi connectivity index (χ1v) is 6.54. The largest absolute Gasteiger partial charge is 0.478 e. The molecule has 2 N–H and O–H groups in total. The van der Waals surface area contributed by atoms with Crippen LogP contribution < -0.4 is 5.32 Å². The first-order valence-electron chi connectivity index (χ1n) is 6.54. The van der Waals surface area contributed by atoms with Crippen LogP contribution in [0.4, 0.5) is 4.39 Å². The van der Waals surface area contributed by atoms with E-state index in [0.717, 1.165) is 12.1 Å². The van der Waals surface area contributed by atoms with E-state index in [-0.39, 0.29) is 18.2 Å². The van der Waals surface area contributed by atoms with Gasteiger partial charge in [-0.15, -0.1) is 0 Å². The molecule has 0 saturated carbocycles. The van der Waals surface area contributed by atoms with E-state index in [1.54, 1.807) is 6.92 Å². The van der Waals surface area contributed by atoms with Gasteiger partial charge in [-0.2, -0.15) is 0 Å². The van der Waals surface area contributed by atoms with Crippen molar-refractivity contribution in [3.05, 3.63) is 41.2 Å². The summed E-state index contributed by atoms with van der Waals surface area (Å²) >= 11 is 0. The maximum atomic E-state index is 13.7. The maximum absolute atomic E-state index is 13.7. The van der Waals surface area contributed by atoms with E-state index in [0.29, 0.717) is 12.2 Å². The summed E-state index contributed by atoms with van der Waals surface area (Å²) in [4.78, 5) is 22.4. The number of benzene rings is 1. The molecule has 1 aromatic carbocycles. The summed E-state index contributed by atoms with van der Waals surface area (Å²) in [5.41, 5.74) is 0.299. The Morgan fingerprint density at radius 3 is 2.81 bits per heavy atom. The van der Waals surface area contributed by atoms with Crippen LogP contribution in [-0.4, -0.2) is 36.2 Å². The van der Waals surface area contributed by atoms with E-state index < -0.39 is 17.7 Å². The van der Waals surface area contributed by atoms with Gasteiger partial charge in [-0.05, 0) is 37.6 Å². The summed E-state index contributed by atoms with van der Waals surface area (Å²) in [6.07, 6.45) is 2.05. The highest BCUT2D eigenvalue weighted by Crippen LogP contribution is 2.12. The molecule has 0 radical (unpaired) electrons. The van der Waals surface area contributed by atoms with Crippen LogP contribution >= 0.6 is 0 Å². The second-order valence-corrected chi connectivity index (χ2v) is 4.39. The molecule has 0 heterocycles. The minimum absolute atomic E-state index is 0.133. The lowest BCUT2D eigenvalue weighted by molar-refractivity contribution is -0.131. The summed E-state index contributed by atoms with van der Waals surface area (Å²) in [7, 11) is 0. The van der Waals surface area contributed by atoms with Gasteiger partial charge in [0.25, 0.3) is 5.91 Å². The number of hydrogen-bond acceptors (Lipinski definition) is 3. The molecule has 114 valence electrons. The quantitative estimate of drug-likeness (QED) is 0.755. The Bertz CT molecular complexity index is 542. The minimum atomic E-state index is -1.11. The number of carbonyl (C=O) groups excluding carboxylic acids is 1.